The minimum Gasteiger partial charge on any atom is -0.508 e. The molecule has 6 atom stereocenters. The summed E-state index contributed by atoms with van der Waals surface area (Å²) in [4.78, 5) is 31.8. The Balaban J connectivity index is 1.69. The first-order valence-electron chi connectivity index (χ1n) is 8.88. The predicted octanol–water partition coefficient (Wildman–Crippen LogP) is 2.62. The van der Waals surface area contributed by atoms with Gasteiger partial charge < -0.3 is 14.8 Å². The molecule has 2 fully saturated rings. The van der Waals surface area contributed by atoms with E-state index in [1.807, 2.05) is 6.07 Å². The van der Waals surface area contributed by atoms with Gasteiger partial charge in [-0.25, -0.2) is 0 Å². The lowest BCUT2D eigenvalue weighted by atomic mass is 9.59. The summed E-state index contributed by atoms with van der Waals surface area (Å²) in [7, 11) is 0. The van der Waals surface area contributed by atoms with E-state index >= 15 is 0 Å². The molecule has 0 spiro atoms. The van der Waals surface area contributed by atoms with Crippen molar-refractivity contribution >= 4 is 0 Å². The van der Waals surface area contributed by atoms with Crippen molar-refractivity contribution in [3.05, 3.63) is 49.6 Å². The maximum Gasteiger partial charge on any atom is 0.294 e. The average molecular weight is 364 g/mol. The van der Waals surface area contributed by atoms with Crippen molar-refractivity contribution in [2.24, 2.45) is 17.8 Å². The van der Waals surface area contributed by atoms with E-state index in [-0.39, 0.29) is 29.4 Å². The standard InChI is InChI=1S/C17H20N2O7/c20-10-2-4-11-9(7-10)1-3-13-12-5-6-15(25-18(21)22)14(12)8-16(17(11)13)26-19(23)24/h2,4,7,12-17,20H,1,3,5-6,8H2/t12-,13-,14?,15-,16-,17+/m0/s1. The molecule has 3 aliphatic rings. The van der Waals surface area contributed by atoms with Crippen molar-refractivity contribution in [3.8, 4) is 5.75 Å². The van der Waals surface area contributed by atoms with E-state index < -0.39 is 22.4 Å². The molecule has 4 rings (SSSR count). The van der Waals surface area contributed by atoms with Crippen molar-refractivity contribution in [3.63, 3.8) is 0 Å². The van der Waals surface area contributed by atoms with Crippen molar-refractivity contribution in [1.82, 2.24) is 0 Å². The molecule has 9 nitrogen and oxygen atoms in total. The molecule has 1 aromatic rings. The monoisotopic (exact) mass is 364 g/mol. The number of hydrogen-bond donors (Lipinski definition) is 1. The molecule has 26 heavy (non-hydrogen) atoms. The van der Waals surface area contributed by atoms with Crippen LogP contribution in [0.5, 0.6) is 5.75 Å². The lowest BCUT2D eigenvalue weighted by Crippen LogP contribution is -2.46. The van der Waals surface area contributed by atoms with Gasteiger partial charge in [-0.3, -0.25) is 0 Å². The highest BCUT2D eigenvalue weighted by atomic mass is 17.0. The van der Waals surface area contributed by atoms with Gasteiger partial charge in [0.2, 0.25) is 0 Å². The number of hydrogen-bond acceptors (Lipinski definition) is 7. The highest BCUT2D eigenvalue weighted by molar-refractivity contribution is 5.40. The second kappa shape index (κ2) is 6.30. The number of nitrogens with zero attached hydrogens (tertiary/aromatic N) is 2. The minimum atomic E-state index is -0.769. The maximum absolute atomic E-state index is 11.1. The zero-order valence-corrected chi connectivity index (χ0v) is 14.0. The third-order valence-corrected chi connectivity index (χ3v) is 6.40. The van der Waals surface area contributed by atoms with Gasteiger partial charge in [0.15, 0.2) is 0 Å². The number of aryl methyl sites for hydroxylation is 1. The Hall–Kier alpha value is -2.58. The fourth-order valence-corrected chi connectivity index (χ4v) is 5.62. The summed E-state index contributed by atoms with van der Waals surface area (Å²) in [5, 5.41) is 30.1. The first-order valence-corrected chi connectivity index (χ1v) is 8.88. The van der Waals surface area contributed by atoms with E-state index in [2.05, 4.69) is 0 Å². The van der Waals surface area contributed by atoms with Gasteiger partial charge in [0.25, 0.3) is 10.2 Å². The Morgan fingerprint density at radius 3 is 2.42 bits per heavy atom. The van der Waals surface area contributed by atoms with Gasteiger partial charge in [-0.2, -0.15) is 0 Å². The van der Waals surface area contributed by atoms with Gasteiger partial charge in [-0.05, 0) is 73.1 Å². The molecule has 2 saturated carbocycles. The lowest BCUT2D eigenvalue weighted by molar-refractivity contribution is -0.775. The maximum atomic E-state index is 11.1. The summed E-state index contributed by atoms with van der Waals surface area (Å²) in [6.45, 7) is 0. The van der Waals surface area contributed by atoms with E-state index in [9.17, 15) is 25.3 Å². The van der Waals surface area contributed by atoms with Crippen LogP contribution in [0.25, 0.3) is 0 Å². The number of aromatic hydroxyl groups is 1. The number of phenols is 1. The van der Waals surface area contributed by atoms with Gasteiger partial charge in [-0.15, -0.1) is 20.2 Å². The largest absolute Gasteiger partial charge is 0.508 e. The van der Waals surface area contributed by atoms with Crippen LogP contribution in [0.1, 0.15) is 42.7 Å². The molecule has 0 heterocycles. The number of phenolic OH excluding ortho intramolecular Hbond substituents is 1. The van der Waals surface area contributed by atoms with Crippen LogP contribution in [0.4, 0.5) is 0 Å². The zero-order valence-electron chi connectivity index (χ0n) is 14.0. The fourth-order valence-electron chi connectivity index (χ4n) is 5.62. The molecule has 0 aromatic heterocycles. The molecule has 140 valence electrons. The molecule has 0 bridgehead atoms. The minimum absolute atomic E-state index is 0.106. The molecule has 0 amide bonds. The van der Waals surface area contributed by atoms with E-state index in [1.165, 1.54) is 0 Å². The van der Waals surface area contributed by atoms with Crippen LogP contribution in [0, 0.1) is 38.0 Å². The van der Waals surface area contributed by atoms with Crippen LogP contribution in [-0.4, -0.2) is 27.5 Å². The molecule has 0 saturated heterocycles. The van der Waals surface area contributed by atoms with Gasteiger partial charge >= 0.3 is 0 Å². The first-order chi connectivity index (χ1) is 12.4. The first kappa shape index (κ1) is 16.9. The predicted molar refractivity (Wildman–Crippen MR) is 87.2 cm³/mol. The summed E-state index contributed by atoms with van der Waals surface area (Å²) in [6.07, 6.45) is 2.21. The van der Waals surface area contributed by atoms with E-state index in [0.717, 1.165) is 30.4 Å². The van der Waals surface area contributed by atoms with Crippen LogP contribution in [-0.2, 0) is 16.1 Å². The molecule has 1 N–H and O–H groups in total. The Morgan fingerprint density at radius 2 is 1.69 bits per heavy atom. The van der Waals surface area contributed by atoms with Crippen LogP contribution >= 0.6 is 0 Å². The van der Waals surface area contributed by atoms with E-state index in [0.29, 0.717) is 12.8 Å². The van der Waals surface area contributed by atoms with Crippen molar-refractivity contribution < 1.29 is 25.0 Å². The summed E-state index contributed by atoms with van der Waals surface area (Å²) in [6, 6.07) is 5.15. The summed E-state index contributed by atoms with van der Waals surface area (Å²) >= 11 is 0. The smallest absolute Gasteiger partial charge is 0.294 e. The lowest BCUT2D eigenvalue weighted by Gasteiger charge is -2.48. The topological polar surface area (TPSA) is 125 Å². The molecule has 3 aliphatic carbocycles. The Morgan fingerprint density at radius 1 is 0.962 bits per heavy atom. The van der Waals surface area contributed by atoms with Crippen LogP contribution in [0.3, 0.4) is 0 Å². The van der Waals surface area contributed by atoms with Gasteiger partial charge in [0, 0.05) is 5.92 Å². The Kier molecular flexibility index (Phi) is 4.08. The van der Waals surface area contributed by atoms with Crippen molar-refractivity contribution in [2.75, 3.05) is 0 Å². The Bertz CT molecular complexity index is 740. The summed E-state index contributed by atoms with van der Waals surface area (Å²) in [5.41, 5.74) is 1.99. The molecule has 0 radical (unpaired) electrons. The molecule has 9 heteroatoms. The van der Waals surface area contributed by atoms with Gasteiger partial charge in [-0.1, -0.05) is 6.07 Å². The summed E-state index contributed by atoms with van der Waals surface area (Å²) < 4.78 is 0. The van der Waals surface area contributed by atoms with Crippen LogP contribution in [0.15, 0.2) is 18.2 Å². The van der Waals surface area contributed by atoms with Crippen molar-refractivity contribution in [1.29, 1.82) is 0 Å². The SMILES string of the molecule is O=[N+]([O-])O[C@H]1CC[C@@H]2C1C[C@H](O[N+](=O)[O-])[C@@H]1c3ccc(O)cc3CC[C@H]12. The quantitative estimate of drug-likeness (QED) is 0.643. The van der Waals surface area contributed by atoms with E-state index in [4.69, 9.17) is 9.68 Å². The fraction of sp³-hybridized carbons (Fsp3) is 0.647. The van der Waals surface area contributed by atoms with E-state index in [1.54, 1.807) is 12.1 Å². The molecule has 1 unspecified atom stereocenters. The number of benzene rings is 1. The molecule has 0 aliphatic heterocycles. The summed E-state index contributed by atoms with van der Waals surface area (Å²) in [5.74, 6) is 0.336. The number of rotatable bonds is 4. The van der Waals surface area contributed by atoms with Crippen LogP contribution < -0.4 is 0 Å². The normalized spacial score (nSPS) is 34.9. The highest BCUT2D eigenvalue weighted by Gasteiger charge is 2.53. The van der Waals surface area contributed by atoms with Crippen molar-refractivity contribution in [2.45, 2.75) is 50.2 Å². The third kappa shape index (κ3) is 2.81. The molecular formula is C17H20N2O7. The van der Waals surface area contributed by atoms with Gasteiger partial charge in [0.05, 0.1) is 0 Å². The molecule has 1 aromatic carbocycles. The highest BCUT2D eigenvalue weighted by Crippen LogP contribution is 2.56. The van der Waals surface area contributed by atoms with Gasteiger partial charge in [0.1, 0.15) is 18.0 Å². The third-order valence-electron chi connectivity index (χ3n) is 6.40. The zero-order chi connectivity index (χ0) is 18.4. The van der Waals surface area contributed by atoms with Crippen LogP contribution in [0.2, 0.25) is 0 Å². The number of fused-ring (bicyclic) bond motifs is 5. The Labute approximate surface area is 149 Å². The average Bonchev–Trinajstić information content (AvgIpc) is 2.95. The second-order valence-corrected chi connectivity index (χ2v) is 7.49. The molecular weight excluding hydrogens is 344 g/mol. The second-order valence-electron chi connectivity index (χ2n) is 7.49.